The molecule has 1 saturated carbocycles. The first-order chi connectivity index (χ1) is 9.67. The van der Waals surface area contributed by atoms with E-state index in [1.165, 1.54) is 19.3 Å². The van der Waals surface area contributed by atoms with E-state index in [4.69, 9.17) is 0 Å². The van der Waals surface area contributed by atoms with E-state index in [2.05, 4.69) is 43.2 Å². The molecule has 0 amide bonds. The van der Waals surface area contributed by atoms with Gasteiger partial charge in [-0.25, -0.2) is 0 Å². The highest BCUT2D eigenvalue weighted by molar-refractivity contribution is 5.78. The maximum atomic E-state index is 11.5. The number of aliphatic carboxylic acids is 1. The number of rotatable bonds is 9. The van der Waals surface area contributed by atoms with E-state index in [9.17, 15) is 9.90 Å². The highest BCUT2D eigenvalue weighted by Gasteiger charge is 2.41. The van der Waals surface area contributed by atoms with Gasteiger partial charge >= 0.3 is 5.97 Å². The minimum absolute atomic E-state index is 0.225. The molecule has 0 saturated heterocycles. The number of carbonyl (C=O) groups is 1. The van der Waals surface area contributed by atoms with Gasteiger partial charge in [-0.3, -0.25) is 4.79 Å². The maximum Gasteiger partial charge on any atom is 0.323 e. The maximum absolute atomic E-state index is 11.5. The van der Waals surface area contributed by atoms with E-state index in [0.29, 0.717) is 13.0 Å². The van der Waals surface area contributed by atoms with Gasteiger partial charge in [-0.2, -0.15) is 0 Å². The topological polar surface area (TPSA) is 55.8 Å². The molecule has 0 radical (unpaired) electrons. The van der Waals surface area contributed by atoms with Crippen molar-refractivity contribution in [1.82, 2.24) is 15.1 Å². The summed E-state index contributed by atoms with van der Waals surface area (Å²) in [5.74, 6) is -0.768. The summed E-state index contributed by atoms with van der Waals surface area (Å²) in [6.07, 6.45) is 4.38. The average Bonchev–Trinajstić information content (AvgIpc) is 2.32. The quantitative estimate of drug-likeness (QED) is 0.678. The molecule has 0 aliphatic heterocycles. The third-order valence-corrected chi connectivity index (χ3v) is 5.27. The first-order valence-electron chi connectivity index (χ1n) is 8.03. The van der Waals surface area contributed by atoms with E-state index in [1.807, 2.05) is 6.92 Å². The Kier molecular flexibility index (Phi) is 6.20. The first kappa shape index (κ1) is 18.4. The molecule has 0 aromatic heterocycles. The summed E-state index contributed by atoms with van der Waals surface area (Å²) < 4.78 is 0. The number of likely N-dealkylation sites (N-methyl/N-ethyl adjacent to an activating group) is 3. The fourth-order valence-corrected chi connectivity index (χ4v) is 3.32. The molecule has 5 nitrogen and oxygen atoms in total. The van der Waals surface area contributed by atoms with Gasteiger partial charge in [0.15, 0.2) is 0 Å². The van der Waals surface area contributed by atoms with Gasteiger partial charge in [0, 0.05) is 18.1 Å². The number of nitrogens with one attached hydrogen (secondary N) is 1. The Bertz CT molecular complexity index is 355. The summed E-state index contributed by atoms with van der Waals surface area (Å²) in [4.78, 5) is 16.2. The zero-order valence-corrected chi connectivity index (χ0v) is 14.6. The second kappa shape index (κ2) is 7.07. The van der Waals surface area contributed by atoms with Crippen LogP contribution in [-0.4, -0.2) is 72.2 Å². The smallest absolute Gasteiger partial charge is 0.323 e. The molecule has 2 atom stereocenters. The van der Waals surface area contributed by atoms with Crippen LogP contribution in [0.1, 0.15) is 46.5 Å². The predicted molar refractivity (Wildman–Crippen MR) is 86.7 cm³/mol. The van der Waals surface area contributed by atoms with Gasteiger partial charge in [0.1, 0.15) is 5.54 Å². The van der Waals surface area contributed by atoms with Crippen LogP contribution in [0.2, 0.25) is 0 Å². The lowest BCUT2D eigenvalue weighted by atomic mass is 9.75. The number of carboxylic acid groups (broad SMARTS) is 1. The number of hydrogen-bond donors (Lipinski definition) is 2. The number of nitrogens with zero attached hydrogens (tertiary/aromatic N) is 2. The van der Waals surface area contributed by atoms with Gasteiger partial charge in [0.25, 0.3) is 0 Å². The van der Waals surface area contributed by atoms with Gasteiger partial charge < -0.3 is 20.2 Å². The lowest BCUT2D eigenvalue weighted by Crippen LogP contribution is -2.59. The zero-order valence-electron chi connectivity index (χ0n) is 14.6. The van der Waals surface area contributed by atoms with Crippen LogP contribution >= 0.6 is 0 Å². The van der Waals surface area contributed by atoms with Crippen LogP contribution < -0.4 is 5.32 Å². The SMILES string of the molecule is CCNC(C)(CC(C)N(C)CC1(N(C)C)CCC1)C(=O)O. The normalized spacial score (nSPS) is 21.9. The van der Waals surface area contributed by atoms with Gasteiger partial charge in [-0.15, -0.1) is 0 Å². The molecule has 1 aliphatic carbocycles. The molecular weight excluding hydrogens is 266 g/mol. The molecule has 1 fully saturated rings. The van der Waals surface area contributed by atoms with Crippen LogP contribution in [0.15, 0.2) is 0 Å². The molecule has 1 aliphatic rings. The third kappa shape index (κ3) is 4.18. The Balaban J connectivity index is 2.65. The summed E-state index contributed by atoms with van der Waals surface area (Å²) in [6, 6.07) is 0.225. The molecule has 0 aromatic rings. The van der Waals surface area contributed by atoms with E-state index < -0.39 is 11.5 Å². The van der Waals surface area contributed by atoms with Crippen LogP contribution in [0.5, 0.6) is 0 Å². The highest BCUT2D eigenvalue weighted by atomic mass is 16.4. The summed E-state index contributed by atoms with van der Waals surface area (Å²) in [6.45, 7) is 7.53. The second-order valence-corrected chi connectivity index (χ2v) is 7.11. The van der Waals surface area contributed by atoms with Crippen LogP contribution in [0.25, 0.3) is 0 Å². The summed E-state index contributed by atoms with van der Waals surface area (Å²) in [5.41, 5.74) is -0.575. The Morgan fingerprint density at radius 2 is 1.95 bits per heavy atom. The predicted octanol–water partition coefficient (Wildman–Crippen LogP) is 1.63. The Hall–Kier alpha value is -0.650. The lowest BCUT2D eigenvalue weighted by Gasteiger charge is -2.50. The molecule has 0 bridgehead atoms. The van der Waals surface area contributed by atoms with Crippen LogP contribution in [0, 0.1) is 0 Å². The van der Waals surface area contributed by atoms with Gasteiger partial charge in [-0.1, -0.05) is 6.92 Å². The Morgan fingerprint density at radius 3 is 2.29 bits per heavy atom. The largest absolute Gasteiger partial charge is 0.480 e. The summed E-state index contributed by atoms with van der Waals surface area (Å²) in [7, 11) is 6.41. The third-order valence-electron chi connectivity index (χ3n) is 5.27. The minimum Gasteiger partial charge on any atom is -0.480 e. The van der Waals surface area contributed by atoms with E-state index in [-0.39, 0.29) is 11.6 Å². The number of hydrogen-bond acceptors (Lipinski definition) is 4. The summed E-state index contributed by atoms with van der Waals surface area (Å²) >= 11 is 0. The fourth-order valence-electron chi connectivity index (χ4n) is 3.32. The van der Waals surface area contributed by atoms with Crippen molar-refractivity contribution >= 4 is 5.97 Å². The Morgan fingerprint density at radius 1 is 1.38 bits per heavy atom. The van der Waals surface area contributed by atoms with Crippen molar-refractivity contribution in [3.63, 3.8) is 0 Å². The monoisotopic (exact) mass is 299 g/mol. The van der Waals surface area contributed by atoms with E-state index in [0.717, 1.165) is 6.54 Å². The Labute approximate surface area is 129 Å². The molecule has 0 aromatic carbocycles. The molecule has 1 rings (SSSR count). The van der Waals surface area contributed by atoms with Crippen LogP contribution in [-0.2, 0) is 4.79 Å². The van der Waals surface area contributed by atoms with Crippen molar-refractivity contribution in [2.45, 2.75) is 63.6 Å². The van der Waals surface area contributed by atoms with Crippen molar-refractivity contribution in [3.05, 3.63) is 0 Å². The van der Waals surface area contributed by atoms with Gasteiger partial charge in [0.2, 0.25) is 0 Å². The van der Waals surface area contributed by atoms with E-state index in [1.54, 1.807) is 6.92 Å². The molecule has 2 N–H and O–H groups in total. The minimum atomic E-state index is -0.854. The molecule has 0 heterocycles. The standard InChI is InChI=1S/C16H33N3O2/c1-7-17-15(3,14(20)21)11-13(2)19(6)12-16(18(4)5)9-8-10-16/h13,17H,7-12H2,1-6H3,(H,20,21). The highest BCUT2D eigenvalue weighted by Crippen LogP contribution is 2.37. The molecule has 0 spiro atoms. The molecule has 5 heteroatoms. The summed E-state index contributed by atoms with van der Waals surface area (Å²) in [5, 5.41) is 12.6. The molecule has 124 valence electrons. The first-order valence-corrected chi connectivity index (χ1v) is 8.03. The van der Waals surface area contributed by atoms with Crippen molar-refractivity contribution in [2.75, 3.05) is 34.2 Å². The van der Waals surface area contributed by atoms with Crippen LogP contribution in [0.4, 0.5) is 0 Å². The molecule has 2 unspecified atom stereocenters. The molecule has 21 heavy (non-hydrogen) atoms. The van der Waals surface area contributed by atoms with Crippen molar-refractivity contribution in [3.8, 4) is 0 Å². The number of carboxylic acids is 1. The van der Waals surface area contributed by atoms with Crippen molar-refractivity contribution < 1.29 is 9.90 Å². The molecular formula is C16H33N3O2. The lowest BCUT2D eigenvalue weighted by molar-refractivity contribution is -0.145. The second-order valence-electron chi connectivity index (χ2n) is 7.11. The van der Waals surface area contributed by atoms with Gasteiger partial charge in [0.05, 0.1) is 0 Å². The average molecular weight is 299 g/mol. The fraction of sp³-hybridized carbons (Fsp3) is 0.938. The zero-order chi connectivity index (χ0) is 16.3. The van der Waals surface area contributed by atoms with Gasteiger partial charge in [-0.05, 0) is 67.2 Å². The van der Waals surface area contributed by atoms with Crippen molar-refractivity contribution in [2.24, 2.45) is 0 Å². The van der Waals surface area contributed by atoms with Crippen LogP contribution in [0.3, 0.4) is 0 Å². The van der Waals surface area contributed by atoms with E-state index >= 15 is 0 Å². The van der Waals surface area contributed by atoms with Crippen molar-refractivity contribution in [1.29, 1.82) is 0 Å².